The van der Waals surface area contributed by atoms with E-state index in [1.807, 2.05) is 6.92 Å². The summed E-state index contributed by atoms with van der Waals surface area (Å²) in [5.41, 5.74) is -6.65. The number of ketones is 1. The van der Waals surface area contributed by atoms with Crippen LogP contribution >= 0.6 is 15.9 Å². The Balaban J connectivity index is 1.43. The lowest BCUT2D eigenvalue weighted by molar-refractivity contribution is -0.346. The lowest BCUT2D eigenvalue weighted by Crippen LogP contribution is -2.82. The molecule has 3 aromatic carbocycles. The largest absolute Gasteiger partial charge is 0.456 e. The van der Waals surface area contributed by atoms with Gasteiger partial charge in [0.2, 0.25) is 0 Å². The van der Waals surface area contributed by atoms with Crippen molar-refractivity contribution in [2.24, 2.45) is 16.7 Å². The van der Waals surface area contributed by atoms with Gasteiger partial charge in [-0.05, 0) is 68.2 Å². The fourth-order valence-corrected chi connectivity index (χ4v) is 11.1. The molecule has 2 saturated carbocycles. The third kappa shape index (κ3) is 8.94. The summed E-state index contributed by atoms with van der Waals surface area (Å²) in [6.45, 7) is 11.9. The zero-order valence-electron chi connectivity index (χ0n) is 39.4. The molecule has 7 rings (SSSR count). The highest BCUT2D eigenvalue weighted by molar-refractivity contribution is 9.09. The Kier molecular flexibility index (Phi) is 14.6. The molecule has 3 aromatic rings. The number of aliphatic hydroxyl groups excluding tert-OH is 1. The van der Waals surface area contributed by atoms with E-state index in [4.69, 9.17) is 28.4 Å². The topological polar surface area (TPSA) is 210 Å². The van der Waals surface area contributed by atoms with Crippen molar-refractivity contribution < 1.29 is 67.4 Å². The Labute approximate surface area is 404 Å². The van der Waals surface area contributed by atoms with Gasteiger partial charge in [0.25, 0.3) is 5.91 Å². The number of rotatable bonds is 14. The molecule has 0 radical (unpaired) electrons. The van der Waals surface area contributed by atoms with E-state index in [0.717, 1.165) is 6.92 Å². The van der Waals surface area contributed by atoms with Crippen molar-refractivity contribution in [3.05, 3.63) is 119 Å². The molecule has 3 N–H and O–H groups in total. The van der Waals surface area contributed by atoms with Gasteiger partial charge in [-0.25, -0.2) is 9.59 Å². The molecule has 1 heterocycles. The standard InChI is InChI=1S/C52H60BrNO14/c1-9-35(53)29(3)64-42(40(32-19-13-10-14-20-32)54-46(59)33-21-15-11-16-22-33)48(61)66-36-26-52(62)45(67-47(60)34-23-17-12-18-24-34)43-50(8,37(57)25-38-51(43,27-63-38)68-31(5)56)44(58)41(65-30(4)55)39(28(36)2)49(52,6)7/h10-24,29,35-38,40-43,45,57,62H,9,25-27H2,1-8H3,(H,54,59)/t29?,35?,36-,37-,38+,40-,41+,42+,43-,45-,50+,51-,52+/m0/s1. The number of Topliss-reactive ketones (excluding diaryl/α,β-unsaturated/α-hetero) is 1. The van der Waals surface area contributed by atoms with E-state index in [2.05, 4.69) is 21.2 Å². The number of carbonyl (C=O) groups excluding carboxylic acids is 6. The Morgan fingerprint density at radius 2 is 1.46 bits per heavy atom. The van der Waals surface area contributed by atoms with Crippen LogP contribution in [0.2, 0.25) is 0 Å². The Morgan fingerprint density at radius 1 is 0.868 bits per heavy atom. The van der Waals surface area contributed by atoms with Crippen LogP contribution in [0.4, 0.5) is 0 Å². The van der Waals surface area contributed by atoms with Crippen LogP contribution in [0.25, 0.3) is 0 Å². The van der Waals surface area contributed by atoms with E-state index in [-0.39, 0.29) is 34.6 Å². The van der Waals surface area contributed by atoms with Crippen molar-refractivity contribution in [3.8, 4) is 0 Å². The predicted octanol–water partition coefficient (Wildman–Crippen LogP) is 6.32. The Morgan fingerprint density at radius 3 is 2.00 bits per heavy atom. The van der Waals surface area contributed by atoms with E-state index in [9.17, 15) is 29.4 Å². The highest BCUT2D eigenvalue weighted by atomic mass is 79.9. The molecule has 1 amide bonds. The van der Waals surface area contributed by atoms with Crippen LogP contribution in [0, 0.1) is 16.7 Å². The summed E-state index contributed by atoms with van der Waals surface area (Å²) in [4.78, 5) is 85.5. The van der Waals surface area contributed by atoms with E-state index >= 15 is 9.59 Å². The number of halogens is 1. The van der Waals surface area contributed by atoms with Gasteiger partial charge in [-0.1, -0.05) is 103 Å². The van der Waals surface area contributed by atoms with Crippen molar-refractivity contribution in [2.75, 3.05) is 6.61 Å². The summed E-state index contributed by atoms with van der Waals surface area (Å²) in [5, 5.41) is 29.1. The number of alkyl halides is 1. The van der Waals surface area contributed by atoms with Gasteiger partial charge in [-0.3, -0.25) is 19.2 Å². The molecule has 68 heavy (non-hydrogen) atoms. The van der Waals surface area contributed by atoms with Crippen molar-refractivity contribution in [1.29, 1.82) is 0 Å². The van der Waals surface area contributed by atoms with Gasteiger partial charge in [0, 0.05) is 42.5 Å². The number of hydrogen-bond acceptors (Lipinski definition) is 14. The molecule has 1 saturated heterocycles. The Bertz CT molecular complexity index is 2430. The molecule has 0 spiro atoms. The first-order valence-corrected chi connectivity index (χ1v) is 23.8. The van der Waals surface area contributed by atoms with Gasteiger partial charge < -0.3 is 44.0 Å². The molecule has 364 valence electrons. The van der Waals surface area contributed by atoms with Crippen LogP contribution in [0.5, 0.6) is 0 Å². The number of benzene rings is 3. The quantitative estimate of drug-likeness (QED) is 0.0699. The van der Waals surface area contributed by atoms with E-state index in [1.54, 1.807) is 107 Å². The van der Waals surface area contributed by atoms with E-state index in [1.165, 1.54) is 26.0 Å². The van der Waals surface area contributed by atoms with Crippen LogP contribution < -0.4 is 5.32 Å². The van der Waals surface area contributed by atoms with Crippen LogP contribution in [0.3, 0.4) is 0 Å². The summed E-state index contributed by atoms with van der Waals surface area (Å²) < 4.78 is 37.7. The molecule has 16 heteroatoms. The minimum absolute atomic E-state index is 0.0414. The molecule has 3 fully saturated rings. The maximum Gasteiger partial charge on any atom is 0.338 e. The summed E-state index contributed by atoms with van der Waals surface area (Å²) in [5.74, 6) is -6.39. The molecule has 2 unspecified atom stereocenters. The number of nitrogens with one attached hydrogen (secondary N) is 1. The first-order valence-electron chi connectivity index (χ1n) is 22.9. The second-order valence-corrected chi connectivity index (χ2v) is 20.3. The minimum atomic E-state index is -2.38. The molecule has 15 nitrogen and oxygen atoms in total. The van der Waals surface area contributed by atoms with Gasteiger partial charge in [0.1, 0.15) is 23.9 Å². The first-order chi connectivity index (χ1) is 32.1. The number of carbonyl (C=O) groups is 6. The SMILES string of the molecule is CCC(Br)C(C)O[C@@H](C(=O)O[C@H]1C[C@@]2(O)[C@@H](OC(=O)c3ccccc3)[C@@H]3[C@]4(OC(C)=O)CO[C@@H]4C[C@H](O)[C@@]3(C)C(=O)[C@H](OC(C)=O)C(=C1C)C2(C)C)[C@@H](NC(=O)c1ccccc1)c1ccccc1. The number of fused-ring (bicyclic) bond motifs is 5. The number of hydrogen-bond donors (Lipinski definition) is 3. The zero-order valence-corrected chi connectivity index (χ0v) is 41.0. The number of amides is 1. The van der Waals surface area contributed by atoms with Crippen LogP contribution in [-0.2, 0) is 47.6 Å². The predicted molar refractivity (Wildman–Crippen MR) is 249 cm³/mol. The monoisotopic (exact) mass is 1000 g/mol. The highest BCUT2D eigenvalue weighted by Crippen LogP contribution is 2.64. The summed E-state index contributed by atoms with van der Waals surface area (Å²) in [6.07, 6.45) is -9.88. The van der Waals surface area contributed by atoms with Crippen LogP contribution in [0.1, 0.15) is 107 Å². The van der Waals surface area contributed by atoms with Crippen molar-refractivity contribution in [2.45, 2.75) is 139 Å². The molecular formula is C52H60BrNO14. The molecular weight excluding hydrogens is 942 g/mol. The second-order valence-electron chi connectivity index (χ2n) is 19.1. The van der Waals surface area contributed by atoms with Crippen LogP contribution in [-0.4, -0.2) is 111 Å². The molecule has 0 aromatic heterocycles. The smallest absolute Gasteiger partial charge is 0.338 e. The van der Waals surface area contributed by atoms with E-state index in [0.29, 0.717) is 17.5 Å². The molecule has 3 aliphatic carbocycles. The van der Waals surface area contributed by atoms with Crippen molar-refractivity contribution in [3.63, 3.8) is 0 Å². The third-order valence-electron chi connectivity index (χ3n) is 14.7. The normalized spacial score (nSPS) is 31.1. The lowest BCUT2D eigenvalue weighted by atomic mass is 9.44. The second kappa shape index (κ2) is 19.6. The Hall–Kier alpha value is -5.26. The van der Waals surface area contributed by atoms with Gasteiger partial charge in [0.05, 0.1) is 41.8 Å². The average Bonchev–Trinajstić information content (AvgIpc) is 3.31. The summed E-state index contributed by atoms with van der Waals surface area (Å²) >= 11 is 3.66. The first kappa shape index (κ1) is 50.6. The fraction of sp³-hybridized carbons (Fsp3) is 0.500. The van der Waals surface area contributed by atoms with E-state index < -0.39 is 119 Å². The maximum atomic E-state index is 15.7. The van der Waals surface area contributed by atoms with Crippen LogP contribution in [0.15, 0.2) is 102 Å². The van der Waals surface area contributed by atoms with Gasteiger partial charge in [-0.2, -0.15) is 0 Å². The minimum Gasteiger partial charge on any atom is -0.456 e. The molecule has 4 aliphatic rings. The lowest BCUT2D eigenvalue weighted by Gasteiger charge is -2.67. The van der Waals surface area contributed by atoms with Crippen molar-refractivity contribution >= 4 is 51.5 Å². The molecule has 13 atom stereocenters. The number of aliphatic hydroxyl groups is 2. The van der Waals surface area contributed by atoms with Gasteiger partial charge in [-0.15, -0.1) is 0 Å². The van der Waals surface area contributed by atoms with Gasteiger partial charge >= 0.3 is 23.9 Å². The summed E-state index contributed by atoms with van der Waals surface area (Å²) in [6, 6.07) is 24.0. The average molecular weight is 1000 g/mol. The number of ether oxygens (including phenoxy) is 6. The fourth-order valence-electron chi connectivity index (χ4n) is 11.0. The molecule has 1 aliphatic heterocycles. The molecule has 2 bridgehead atoms. The van der Waals surface area contributed by atoms with Gasteiger partial charge in [0.15, 0.2) is 23.6 Å². The maximum absolute atomic E-state index is 15.7. The highest BCUT2D eigenvalue weighted by Gasteiger charge is 2.78. The number of esters is 4. The third-order valence-corrected chi connectivity index (χ3v) is 16.1. The summed E-state index contributed by atoms with van der Waals surface area (Å²) in [7, 11) is 0. The van der Waals surface area contributed by atoms with Crippen molar-refractivity contribution in [1.82, 2.24) is 5.32 Å². The zero-order chi connectivity index (χ0) is 49.5.